The Balaban J connectivity index is 2.22. The minimum atomic E-state index is -2.16. The van der Waals surface area contributed by atoms with E-state index in [2.05, 4.69) is 12.6 Å². The SMILES string of the molecule is O=[SH](=O)CCC1CCCC(S)C1. The van der Waals surface area contributed by atoms with Crippen molar-refractivity contribution >= 4 is 23.3 Å². The Morgan fingerprint density at radius 1 is 1.33 bits per heavy atom. The number of thiol groups is 2. The molecular formula is C8H16O2S2. The molecule has 2 nitrogen and oxygen atoms in total. The zero-order valence-electron chi connectivity index (χ0n) is 7.11. The highest BCUT2D eigenvalue weighted by Crippen LogP contribution is 2.29. The van der Waals surface area contributed by atoms with Crippen LogP contribution in [0.25, 0.3) is 0 Å². The van der Waals surface area contributed by atoms with Gasteiger partial charge in [0.15, 0.2) is 0 Å². The summed E-state index contributed by atoms with van der Waals surface area (Å²) in [7, 11) is -2.16. The molecule has 2 unspecified atom stereocenters. The molecule has 0 aromatic heterocycles. The van der Waals surface area contributed by atoms with Crippen molar-refractivity contribution in [3.05, 3.63) is 0 Å². The molecule has 72 valence electrons. The fourth-order valence-electron chi connectivity index (χ4n) is 1.81. The molecule has 0 N–H and O–H groups in total. The molecule has 12 heavy (non-hydrogen) atoms. The van der Waals surface area contributed by atoms with Crippen molar-refractivity contribution in [3.63, 3.8) is 0 Å². The summed E-state index contributed by atoms with van der Waals surface area (Å²) in [6.07, 6.45) is 5.56. The van der Waals surface area contributed by atoms with Crippen molar-refractivity contribution < 1.29 is 8.42 Å². The van der Waals surface area contributed by atoms with Gasteiger partial charge in [0.2, 0.25) is 0 Å². The molecule has 1 saturated carbocycles. The molecule has 0 aliphatic heterocycles. The molecule has 1 rings (SSSR count). The lowest BCUT2D eigenvalue weighted by Crippen LogP contribution is -2.16. The lowest BCUT2D eigenvalue weighted by Gasteiger charge is -2.25. The number of rotatable bonds is 3. The zero-order valence-corrected chi connectivity index (χ0v) is 8.90. The lowest BCUT2D eigenvalue weighted by atomic mass is 9.87. The second kappa shape index (κ2) is 5.12. The Hall–Kier alpha value is 0.300. The minimum Gasteiger partial charge on any atom is -0.232 e. The number of hydrogen-bond donors (Lipinski definition) is 2. The summed E-state index contributed by atoms with van der Waals surface area (Å²) in [4.78, 5) is 0. The molecule has 0 bridgehead atoms. The van der Waals surface area contributed by atoms with Gasteiger partial charge in [0.25, 0.3) is 0 Å². The van der Waals surface area contributed by atoms with E-state index in [1.54, 1.807) is 0 Å². The van der Waals surface area contributed by atoms with Crippen LogP contribution in [-0.4, -0.2) is 19.4 Å². The van der Waals surface area contributed by atoms with Gasteiger partial charge >= 0.3 is 0 Å². The average Bonchev–Trinajstić information content (AvgIpc) is 2.01. The van der Waals surface area contributed by atoms with Crippen LogP contribution in [0, 0.1) is 5.92 Å². The molecule has 2 atom stereocenters. The van der Waals surface area contributed by atoms with Crippen LogP contribution in [0.2, 0.25) is 0 Å². The summed E-state index contributed by atoms with van der Waals surface area (Å²) >= 11 is 4.41. The third-order valence-corrected chi connectivity index (χ3v) is 3.57. The van der Waals surface area contributed by atoms with Gasteiger partial charge in [-0.2, -0.15) is 12.6 Å². The van der Waals surface area contributed by atoms with Crippen LogP contribution >= 0.6 is 12.6 Å². The van der Waals surface area contributed by atoms with Crippen molar-refractivity contribution in [2.45, 2.75) is 37.4 Å². The molecule has 0 aromatic carbocycles. The van der Waals surface area contributed by atoms with Gasteiger partial charge in [-0.05, 0) is 25.2 Å². The predicted octanol–water partition coefficient (Wildman–Crippen LogP) is 1.48. The molecule has 4 heteroatoms. The molecule has 0 heterocycles. The van der Waals surface area contributed by atoms with Gasteiger partial charge < -0.3 is 0 Å². The smallest absolute Gasteiger partial charge is 0.140 e. The molecule has 0 radical (unpaired) electrons. The van der Waals surface area contributed by atoms with Gasteiger partial charge in [-0.25, -0.2) is 8.42 Å². The van der Waals surface area contributed by atoms with E-state index in [9.17, 15) is 8.42 Å². The normalized spacial score (nSPS) is 30.8. The zero-order chi connectivity index (χ0) is 8.97. The summed E-state index contributed by atoms with van der Waals surface area (Å²) in [5, 5.41) is 0.508. The lowest BCUT2D eigenvalue weighted by molar-refractivity contribution is 0.359. The Labute approximate surface area is 81.1 Å². The first-order valence-electron chi connectivity index (χ1n) is 4.48. The van der Waals surface area contributed by atoms with E-state index in [1.165, 1.54) is 19.3 Å². The highest BCUT2D eigenvalue weighted by molar-refractivity contribution is 7.80. The van der Waals surface area contributed by atoms with Gasteiger partial charge in [-0.15, -0.1) is 0 Å². The third-order valence-electron chi connectivity index (χ3n) is 2.48. The number of hydrogen-bond acceptors (Lipinski definition) is 3. The van der Waals surface area contributed by atoms with Gasteiger partial charge in [-0.1, -0.05) is 12.8 Å². The van der Waals surface area contributed by atoms with E-state index in [0.717, 1.165) is 12.8 Å². The van der Waals surface area contributed by atoms with E-state index >= 15 is 0 Å². The summed E-state index contributed by atoms with van der Waals surface area (Å²) in [5.74, 6) is 0.967. The Morgan fingerprint density at radius 3 is 2.67 bits per heavy atom. The maximum Gasteiger partial charge on any atom is 0.140 e. The van der Waals surface area contributed by atoms with Crippen LogP contribution in [0.1, 0.15) is 32.1 Å². The first-order chi connectivity index (χ1) is 5.68. The van der Waals surface area contributed by atoms with Crippen molar-refractivity contribution in [1.82, 2.24) is 0 Å². The fourth-order valence-corrected chi connectivity index (χ4v) is 2.87. The molecule has 1 fully saturated rings. The third kappa shape index (κ3) is 3.81. The quantitative estimate of drug-likeness (QED) is 0.689. The molecule has 1 aliphatic carbocycles. The van der Waals surface area contributed by atoms with Crippen molar-refractivity contribution in [2.24, 2.45) is 5.92 Å². The van der Waals surface area contributed by atoms with Crippen molar-refractivity contribution in [2.75, 3.05) is 5.75 Å². The maximum atomic E-state index is 10.3. The van der Waals surface area contributed by atoms with Crippen LogP contribution in [-0.2, 0) is 10.7 Å². The minimum absolute atomic E-state index is 0.362. The first kappa shape index (κ1) is 10.4. The van der Waals surface area contributed by atoms with E-state index in [0.29, 0.717) is 16.9 Å². The van der Waals surface area contributed by atoms with Crippen LogP contribution in [0.15, 0.2) is 0 Å². The van der Waals surface area contributed by atoms with E-state index in [4.69, 9.17) is 0 Å². The second-order valence-corrected chi connectivity index (χ2v) is 5.37. The van der Waals surface area contributed by atoms with Crippen molar-refractivity contribution in [3.8, 4) is 0 Å². The summed E-state index contributed by atoms with van der Waals surface area (Å²) < 4.78 is 20.7. The Bertz CT molecular complexity index is 193. The Kier molecular flexibility index (Phi) is 4.43. The average molecular weight is 208 g/mol. The van der Waals surface area contributed by atoms with Gasteiger partial charge in [0.1, 0.15) is 10.7 Å². The van der Waals surface area contributed by atoms with Crippen LogP contribution < -0.4 is 0 Å². The molecule has 0 saturated heterocycles. The standard InChI is InChI=1S/C8H16O2S2/c9-12(10)5-4-7-2-1-3-8(11)6-7/h7-8,11-12H,1-6H2. The van der Waals surface area contributed by atoms with Gasteiger partial charge in [0.05, 0.1) is 0 Å². The fraction of sp³-hybridized carbons (Fsp3) is 1.00. The van der Waals surface area contributed by atoms with Crippen LogP contribution in [0.5, 0.6) is 0 Å². The summed E-state index contributed by atoms with van der Waals surface area (Å²) in [6.45, 7) is 0. The maximum absolute atomic E-state index is 10.3. The van der Waals surface area contributed by atoms with Crippen LogP contribution in [0.3, 0.4) is 0 Å². The Morgan fingerprint density at radius 2 is 2.08 bits per heavy atom. The highest BCUT2D eigenvalue weighted by atomic mass is 32.2. The molecule has 0 aromatic rings. The first-order valence-corrected chi connectivity index (χ1v) is 6.36. The topological polar surface area (TPSA) is 34.1 Å². The van der Waals surface area contributed by atoms with E-state index in [-0.39, 0.29) is 0 Å². The van der Waals surface area contributed by atoms with Gasteiger partial charge in [0, 0.05) is 11.0 Å². The van der Waals surface area contributed by atoms with Crippen molar-refractivity contribution in [1.29, 1.82) is 0 Å². The summed E-state index contributed by atoms with van der Waals surface area (Å²) in [5.41, 5.74) is 0. The van der Waals surface area contributed by atoms with E-state index in [1.807, 2.05) is 0 Å². The summed E-state index contributed by atoms with van der Waals surface area (Å²) in [6, 6.07) is 0. The molecule has 0 spiro atoms. The monoisotopic (exact) mass is 208 g/mol. The second-order valence-electron chi connectivity index (χ2n) is 3.53. The molecular weight excluding hydrogens is 192 g/mol. The largest absolute Gasteiger partial charge is 0.232 e. The van der Waals surface area contributed by atoms with Gasteiger partial charge in [-0.3, -0.25) is 0 Å². The van der Waals surface area contributed by atoms with E-state index < -0.39 is 10.7 Å². The molecule has 0 amide bonds. The molecule has 1 aliphatic rings. The van der Waals surface area contributed by atoms with Crippen LogP contribution in [0.4, 0.5) is 0 Å². The highest BCUT2D eigenvalue weighted by Gasteiger charge is 2.18. The predicted molar refractivity (Wildman–Crippen MR) is 54.5 cm³/mol.